The zero-order chi connectivity index (χ0) is 25.0. The Labute approximate surface area is 203 Å². The van der Waals surface area contributed by atoms with Crippen molar-refractivity contribution >= 4 is 28.9 Å². The number of hydrogen-bond donors (Lipinski definition) is 1. The molecule has 1 fully saturated rings. The average Bonchev–Trinajstić information content (AvgIpc) is 3.18. The van der Waals surface area contributed by atoms with E-state index >= 15 is 0 Å². The van der Waals surface area contributed by atoms with Gasteiger partial charge in [0, 0.05) is 19.3 Å². The molecule has 35 heavy (non-hydrogen) atoms. The Hall–Kier alpha value is -3.49. The van der Waals surface area contributed by atoms with Gasteiger partial charge in [-0.2, -0.15) is 23.4 Å². The number of alkyl halides is 3. The number of halogens is 3. The molecular formula is C24H20F3N3O4S. The lowest BCUT2D eigenvalue weighted by molar-refractivity contribution is -0.138. The number of carbonyl (C=O) groups excluding carboxylic acids is 1. The molecule has 1 saturated heterocycles. The third kappa shape index (κ3) is 5.96. The number of nitrogens with one attached hydrogen (secondary N) is 1. The predicted molar refractivity (Wildman–Crippen MR) is 124 cm³/mol. The molecule has 2 aliphatic heterocycles. The van der Waals surface area contributed by atoms with E-state index in [1.165, 1.54) is 31.0 Å². The molecule has 2 heterocycles. The maximum absolute atomic E-state index is 13.5. The molecule has 7 nitrogen and oxygen atoms in total. The van der Waals surface area contributed by atoms with Crippen molar-refractivity contribution in [3.8, 4) is 23.3 Å². The molecule has 2 aliphatic rings. The molecule has 0 aromatic heterocycles. The summed E-state index contributed by atoms with van der Waals surface area (Å²) >= 11 is 1.22. The van der Waals surface area contributed by atoms with Crippen LogP contribution in [0.2, 0.25) is 0 Å². The maximum atomic E-state index is 13.5. The summed E-state index contributed by atoms with van der Waals surface area (Å²) in [6.45, 7) is 1.32. The number of aliphatic imine (C=N–C) groups is 1. The van der Waals surface area contributed by atoms with Gasteiger partial charge < -0.3 is 19.5 Å². The number of thioether (sulfide) groups is 1. The largest absolute Gasteiger partial charge is 0.493 e. The first kappa shape index (κ1) is 24.6. The van der Waals surface area contributed by atoms with E-state index in [4.69, 9.17) is 19.5 Å². The van der Waals surface area contributed by atoms with E-state index in [0.29, 0.717) is 28.9 Å². The summed E-state index contributed by atoms with van der Waals surface area (Å²) in [4.78, 5) is 16.8. The zero-order valence-corrected chi connectivity index (χ0v) is 19.3. The Bertz CT molecular complexity index is 1230. The molecule has 0 spiro atoms. The summed E-state index contributed by atoms with van der Waals surface area (Å²) in [5.74, 6) is -0.613. The number of nitriles is 1. The van der Waals surface area contributed by atoms with E-state index in [0.717, 1.165) is 25.0 Å². The number of ether oxygens (including phenoxy) is 3. The summed E-state index contributed by atoms with van der Waals surface area (Å²) in [6, 6.07) is 9.55. The number of hydrogen-bond acceptors (Lipinski definition) is 7. The fourth-order valence-electron chi connectivity index (χ4n) is 3.53. The Morgan fingerprint density at radius 1 is 1.17 bits per heavy atom. The van der Waals surface area contributed by atoms with Crippen molar-refractivity contribution in [2.24, 2.45) is 4.99 Å². The molecule has 1 amide bonds. The quantitative estimate of drug-likeness (QED) is 0.567. The maximum Gasteiger partial charge on any atom is 0.420 e. The van der Waals surface area contributed by atoms with Crippen LogP contribution in [0.25, 0.3) is 6.08 Å². The summed E-state index contributed by atoms with van der Waals surface area (Å²) in [5.41, 5.74) is -0.617. The van der Waals surface area contributed by atoms with Crippen molar-refractivity contribution in [2.75, 3.05) is 20.3 Å². The number of nitrogens with zero attached hydrogens (tertiary/aromatic N) is 2. The van der Waals surface area contributed by atoms with Crippen LogP contribution in [0.5, 0.6) is 17.2 Å². The van der Waals surface area contributed by atoms with Crippen LogP contribution in [0.4, 0.5) is 13.2 Å². The topological polar surface area (TPSA) is 92.9 Å². The van der Waals surface area contributed by atoms with Crippen LogP contribution in [0.3, 0.4) is 0 Å². The molecule has 2 aromatic carbocycles. The van der Waals surface area contributed by atoms with Gasteiger partial charge in [0.25, 0.3) is 5.91 Å². The fourth-order valence-corrected chi connectivity index (χ4v) is 4.42. The van der Waals surface area contributed by atoms with Crippen LogP contribution < -0.4 is 14.8 Å². The summed E-state index contributed by atoms with van der Waals surface area (Å²) in [6.07, 6.45) is -1.41. The SMILES string of the molecule is COc1cc(C=C2SC(NC3CCOCC3)=NC2=O)ccc1Oc1ccc(C#N)cc1C(F)(F)F. The van der Waals surface area contributed by atoms with Crippen molar-refractivity contribution in [1.29, 1.82) is 5.26 Å². The molecule has 0 aliphatic carbocycles. The number of benzene rings is 2. The van der Waals surface area contributed by atoms with Gasteiger partial charge in [-0.1, -0.05) is 6.07 Å². The second-order valence-corrected chi connectivity index (χ2v) is 8.73. The number of methoxy groups -OCH3 is 1. The first-order valence-corrected chi connectivity index (χ1v) is 11.4. The molecule has 1 N–H and O–H groups in total. The highest BCUT2D eigenvalue weighted by atomic mass is 32.2. The van der Waals surface area contributed by atoms with Crippen LogP contribution in [-0.2, 0) is 15.7 Å². The van der Waals surface area contributed by atoms with Gasteiger partial charge in [-0.15, -0.1) is 0 Å². The molecular weight excluding hydrogens is 483 g/mol. The molecule has 0 radical (unpaired) electrons. The molecule has 4 rings (SSSR count). The highest BCUT2D eigenvalue weighted by Gasteiger charge is 2.35. The van der Waals surface area contributed by atoms with Gasteiger partial charge in [-0.25, -0.2) is 0 Å². The lowest BCUT2D eigenvalue weighted by Gasteiger charge is -2.23. The van der Waals surface area contributed by atoms with Crippen LogP contribution >= 0.6 is 11.8 Å². The summed E-state index contributed by atoms with van der Waals surface area (Å²) in [7, 11) is 1.36. The van der Waals surface area contributed by atoms with Gasteiger partial charge in [0.2, 0.25) is 0 Å². The van der Waals surface area contributed by atoms with Gasteiger partial charge in [0.15, 0.2) is 16.7 Å². The van der Waals surface area contributed by atoms with Crippen LogP contribution in [0, 0.1) is 11.3 Å². The van der Waals surface area contributed by atoms with Gasteiger partial charge in [-0.05, 0) is 66.6 Å². The van der Waals surface area contributed by atoms with Gasteiger partial charge >= 0.3 is 6.18 Å². The first-order chi connectivity index (χ1) is 16.8. The number of amidine groups is 1. The van der Waals surface area contributed by atoms with Gasteiger partial charge in [0.05, 0.1) is 29.2 Å². The van der Waals surface area contributed by atoms with E-state index in [9.17, 15) is 18.0 Å². The normalized spacial score (nSPS) is 17.7. The molecule has 11 heteroatoms. The smallest absolute Gasteiger partial charge is 0.420 e. The minimum atomic E-state index is -4.71. The second-order valence-electron chi connectivity index (χ2n) is 7.70. The van der Waals surface area contributed by atoms with E-state index in [2.05, 4.69) is 10.3 Å². The number of carbonyl (C=O) groups is 1. The highest BCUT2D eigenvalue weighted by Crippen LogP contribution is 2.41. The lowest BCUT2D eigenvalue weighted by atomic mass is 10.1. The fraction of sp³-hybridized carbons (Fsp3) is 0.292. The Balaban J connectivity index is 1.52. The number of amides is 1. The van der Waals surface area contributed by atoms with Crippen molar-refractivity contribution in [1.82, 2.24) is 5.32 Å². The third-order valence-corrected chi connectivity index (χ3v) is 6.20. The van der Waals surface area contributed by atoms with Gasteiger partial charge in [0.1, 0.15) is 5.75 Å². The zero-order valence-electron chi connectivity index (χ0n) is 18.5. The first-order valence-electron chi connectivity index (χ1n) is 10.6. The predicted octanol–water partition coefficient (Wildman–Crippen LogP) is 5.12. The Morgan fingerprint density at radius 3 is 2.60 bits per heavy atom. The molecule has 182 valence electrons. The van der Waals surface area contributed by atoms with E-state index < -0.39 is 17.5 Å². The third-order valence-electron chi connectivity index (χ3n) is 5.29. The lowest BCUT2D eigenvalue weighted by Crippen LogP contribution is -2.37. The van der Waals surface area contributed by atoms with Crippen molar-refractivity contribution in [3.63, 3.8) is 0 Å². The van der Waals surface area contributed by atoms with E-state index in [-0.39, 0.29) is 29.0 Å². The monoisotopic (exact) mass is 503 g/mol. The summed E-state index contributed by atoms with van der Waals surface area (Å²) < 4.78 is 56.6. The van der Waals surface area contributed by atoms with Crippen LogP contribution in [-0.4, -0.2) is 37.4 Å². The van der Waals surface area contributed by atoms with E-state index in [1.54, 1.807) is 24.3 Å². The molecule has 0 atom stereocenters. The minimum Gasteiger partial charge on any atom is -0.493 e. The molecule has 2 aromatic rings. The number of rotatable bonds is 5. The second kappa shape index (κ2) is 10.4. The standard InChI is InChI=1S/C24H20F3N3O4S/c1-32-20-11-14(12-21-22(31)30-23(35-21)29-16-6-8-33-9-7-16)2-5-19(20)34-18-4-3-15(13-28)10-17(18)24(25,26)27/h2-5,10-12,16H,6-9H2,1H3,(H,29,30,31). The van der Waals surface area contributed by atoms with Crippen molar-refractivity contribution in [3.05, 3.63) is 58.0 Å². The molecule has 0 bridgehead atoms. The van der Waals surface area contributed by atoms with Crippen LogP contribution in [0.1, 0.15) is 29.5 Å². The van der Waals surface area contributed by atoms with Gasteiger partial charge in [-0.3, -0.25) is 4.79 Å². The average molecular weight is 504 g/mol. The minimum absolute atomic E-state index is 0.0494. The Kier molecular flexibility index (Phi) is 7.33. The molecule has 0 unspecified atom stereocenters. The Morgan fingerprint density at radius 2 is 1.91 bits per heavy atom. The summed E-state index contributed by atoms with van der Waals surface area (Å²) in [5, 5.41) is 12.7. The highest BCUT2D eigenvalue weighted by molar-refractivity contribution is 8.18. The van der Waals surface area contributed by atoms with Crippen molar-refractivity contribution < 1.29 is 32.2 Å². The van der Waals surface area contributed by atoms with Crippen molar-refractivity contribution in [2.45, 2.75) is 25.1 Å². The molecule has 0 saturated carbocycles. The van der Waals surface area contributed by atoms with E-state index in [1.807, 2.05) is 0 Å². The van der Waals surface area contributed by atoms with Crippen LogP contribution in [0.15, 0.2) is 46.3 Å².